The number of hydrogen-bond acceptors (Lipinski definition) is 3. The highest BCUT2D eigenvalue weighted by Crippen LogP contribution is 2.14. The van der Waals surface area contributed by atoms with Crippen molar-refractivity contribution in [1.29, 1.82) is 0 Å². The third-order valence-corrected chi connectivity index (χ3v) is 2.49. The molecule has 0 saturated carbocycles. The third-order valence-electron chi connectivity index (χ3n) is 2.06. The van der Waals surface area contributed by atoms with Gasteiger partial charge in [0.15, 0.2) is 10.4 Å². The molecule has 0 fully saturated rings. The summed E-state index contributed by atoms with van der Waals surface area (Å²) >= 11 is 3.06. The molecule has 0 aliphatic carbocycles. The van der Waals surface area contributed by atoms with Crippen molar-refractivity contribution in [2.24, 2.45) is 0 Å². The number of hydrogen-bond donors (Lipinski definition) is 2. The second-order valence-corrected chi connectivity index (χ2v) is 4.12. The van der Waals surface area contributed by atoms with E-state index in [0.29, 0.717) is 17.5 Å². The molecule has 1 atom stereocenters. The van der Waals surface area contributed by atoms with Crippen LogP contribution in [0.5, 0.6) is 0 Å². The van der Waals surface area contributed by atoms with E-state index < -0.39 is 17.9 Å². The van der Waals surface area contributed by atoms with E-state index in [9.17, 15) is 9.59 Å². The Morgan fingerprint density at radius 3 is 2.76 bits per heavy atom. The van der Waals surface area contributed by atoms with Gasteiger partial charge in [0.25, 0.3) is 5.91 Å². The molecule has 92 valence electrons. The average Bonchev–Trinajstić information content (AvgIpc) is 2.70. The zero-order chi connectivity index (χ0) is 12.8. The Bertz CT molecular complexity index is 427. The molecule has 1 aromatic heterocycles. The number of carboxylic acid groups (broad SMARTS) is 1. The second-order valence-electron chi connectivity index (χ2n) is 3.33. The fourth-order valence-corrected chi connectivity index (χ4v) is 1.51. The predicted octanol–water partition coefficient (Wildman–Crippen LogP) is 2.19. The number of carbonyl (C=O) groups is 2. The molecular formula is C11H12BrNO4. The average molecular weight is 302 g/mol. The van der Waals surface area contributed by atoms with Gasteiger partial charge in [0.2, 0.25) is 0 Å². The van der Waals surface area contributed by atoms with Crippen molar-refractivity contribution in [2.75, 3.05) is 0 Å². The maximum absolute atomic E-state index is 11.6. The van der Waals surface area contributed by atoms with Crippen LogP contribution in [0.15, 0.2) is 33.9 Å². The van der Waals surface area contributed by atoms with Crippen molar-refractivity contribution < 1.29 is 19.1 Å². The molecule has 0 spiro atoms. The van der Waals surface area contributed by atoms with Crippen LogP contribution in [-0.4, -0.2) is 23.0 Å². The van der Waals surface area contributed by atoms with E-state index in [4.69, 9.17) is 9.52 Å². The molecule has 1 heterocycles. The Balaban J connectivity index is 2.63. The maximum atomic E-state index is 11.6. The Labute approximate surface area is 107 Å². The van der Waals surface area contributed by atoms with Crippen molar-refractivity contribution in [3.63, 3.8) is 0 Å². The molecule has 0 aliphatic heterocycles. The minimum atomic E-state index is -1.08. The normalized spacial score (nSPS) is 11.8. The molecule has 17 heavy (non-hydrogen) atoms. The van der Waals surface area contributed by atoms with Crippen molar-refractivity contribution in [1.82, 2.24) is 5.32 Å². The van der Waals surface area contributed by atoms with E-state index in [0.717, 1.165) is 0 Å². The van der Waals surface area contributed by atoms with Crippen molar-refractivity contribution >= 4 is 27.8 Å². The summed E-state index contributed by atoms with van der Waals surface area (Å²) in [6.07, 6.45) is 2.41. The predicted molar refractivity (Wildman–Crippen MR) is 64.7 cm³/mol. The number of furan rings is 1. The zero-order valence-electron chi connectivity index (χ0n) is 8.98. The first-order chi connectivity index (χ1) is 8.04. The van der Waals surface area contributed by atoms with Gasteiger partial charge in [-0.05, 0) is 40.9 Å². The van der Waals surface area contributed by atoms with Gasteiger partial charge in [-0.15, -0.1) is 6.58 Å². The van der Waals surface area contributed by atoms with Crippen LogP contribution >= 0.6 is 15.9 Å². The number of allylic oxidation sites excluding steroid dienone is 1. The number of nitrogens with one attached hydrogen (secondary N) is 1. The molecule has 5 nitrogen and oxygen atoms in total. The van der Waals surface area contributed by atoms with E-state index in [2.05, 4.69) is 27.8 Å². The number of carbonyl (C=O) groups excluding carboxylic acids is 1. The number of carboxylic acids is 1. The third kappa shape index (κ3) is 4.07. The molecule has 1 unspecified atom stereocenters. The molecule has 0 saturated heterocycles. The van der Waals surface area contributed by atoms with Gasteiger partial charge in [-0.1, -0.05) is 6.08 Å². The van der Waals surface area contributed by atoms with Gasteiger partial charge in [0, 0.05) is 0 Å². The van der Waals surface area contributed by atoms with Crippen LogP contribution in [0.4, 0.5) is 0 Å². The SMILES string of the molecule is C=CCCC(NC(=O)c1ccc(Br)o1)C(=O)O. The molecule has 0 bridgehead atoms. The molecular weight excluding hydrogens is 290 g/mol. The van der Waals surface area contributed by atoms with E-state index in [1.807, 2.05) is 0 Å². The van der Waals surface area contributed by atoms with Gasteiger partial charge in [-0.25, -0.2) is 4.79 Å². The molecule has 1 rings (SSSR count). The van der Waals surface area contributed by atoms with Gasteiger partial charge in [-0.3, -0.25) is 4.79 Å². The van der Waals surface area contributed by atoms with Crippen LogP contribution in [0.1, 0.15) is 23.4 Å². The largest absolute Gasteiger partial charge is 0.480 e. The molecule has 1 amide bonds. The summed E-state index contributed by atoms with van der Waals surface area (Å²) in [5.41, 5.74) is 0. The van der Waals surface area contributed by atoms with Gasteiger partial charge < -0.3 is 14.8 Å². The number of amides is 1. The lowest BCUT2D eigenvalue weighted by Crippen LogP contribution is -2.40. The molecule has 1 aromatic rings. The monoisotopic (exact) mass is 301 g/mol. The van der Waals surface area contributed by atoms with Crippen molar-refractivity contribution in [3.05, 3.63) is 35.2 Å². The Kier molecular flexibility index (Phi) is 4.96. The van der Waals surface area contributed by atoms with E-state index in [1.165, 1.54) is 6.07 Å². The minimum Gasteiger partial charge on any atom is -0.480 e. The van der Waals surface area contributed by atoms with Crippen LogP contribution < -0.4 is 5.32 Å². The summed E-state index contributed by atoms with van der Waals surface area (Å²) in [6.45, 7) is 3.50. The van der Waals surface area contributed by atoms with Crippen LogP contribution in [0, 0.1) is 0 Å². The molecule has 6 heteroatoms. The van der Waals surface area contributed by atoms with Gasteiger partial charge in [0.05, 0.1) is 0 Å². The summed E-state index contributed by atoms with van der Waals surface area (Å²) in [4.78, 5) is 22.5. The lowest BCUT2D eigenvalue weighted by molar-refractivity contribution is -0.139. The lowest BCUT2D eigenvalue weighted by Gasteiger charge is -2.12. The number of halogens is 1. The first-order valence-corrected chi connectivity index (χ1v) is 5.73. The molecule has 0 aromatic carbocycles. The standard InChI is InChI=1S/C11H12BrNO4/c1-2-3-4-7(11(15)16)13-10(14)8-5-6-9(12)17-8/h2,5-7H,1,3-4H2,(H,13,14)(H,15,16). The van der Waals surface area contributed by atoms with Gasteiger partial charge in [-0.2, -0.15) is 0 Å². The molecule has 2 N–H and O–H groups in total. The molecule has 0 radical (unpaired) electrons. The summed E-state index contributed by atoms with van der Waals surface area (Å²) in [5.74, 6) is -1.56. The fraction of sp³-hybridized carbons (Fsp3) is 0.273. The Hall–Kier alpha value is -1.56. The van der Waals surface area contributed by atoms with E-state index >= 15 is 0 Å². The summed E-state index contributed by atoms with van der Waals surface area (Å²) in [5, 5.41) is 11.3. The van der Waals surface area contributed by atoms with E-state index in [-0.39, 0.29) is 5.76 Å². The topological polar surface area (TPSA) is 79.5 Å². The molecule has 0 aliphatic rings. The first-order valence-electron chi connectivity index (χ1n) is 4.94. The van der Waals surface area contributed by atoms with E-state index in [1.54, 1.807) is 12.1 Å². The summed E-state index contributed by atoms with van der Waals surface area (Å²) in [7, 11) is 0. The Morgan fingerprint density at radius 2 is 2.29 bits per heavy atom. The maximum Gasteiger partial charge on any atom is 0.326 e. The number of rotatable bonds is 6. The van der Waals surface area contributed by atoms with Crippen LogP contribution in [0.3, 0.4) is 0 Å². The van der Waals surface area contributed by atoms with Gasteiger partial charge >= 0.3 is 5.97 Å². The number of aliphatic carboxylic acids is 1. The summed E-state index contributed by atoms with van der Waals surface area (Å²) < 4.78 is 5.44. The van der Waals surface area contributed by atoms with Crippen LogP contribution in [0.25, 0.3) is 0 Å². The highest BCUT2D eigenvalue weighted by molar-refractivity contribution is 9.10. The van der Waals surface area contributed by atoms with Crippen LogP contribution in [-0.2, 0) is 4.79 Å². The zero-order valence-corrected chi connectivity index (χ0v) is 10.6. The highest BCUT2D eigenvalue weighted by atomic mass is 79.9. The smallest absolute Gasteiger partial charge is 0.326 e. The first kappa shape index (κ1) is 13.5. The van der Waals surface area contributed by atoms with Crippen molar-refractivity contribution in [2.45, 2.75) is 18.9 Å². The highest BCUT2D eigenvalue weighted by Gasteiger charge is 2.21. The quantitative estimate of drug-likeness (QED) is 0.789. The minimum absolute atomic E-state index is 0.0710. The van der Waals surface area contributed by atoms with Crippen LogP contribution in [0.2, 0.25) is 0 Å². The van der Waals surface area contributed by atoms with Crippen molar-refractivity contribution in [3.8, 4) is 0 Å². The lowest BCUT2D eigenvalue weighted by atomic mass is 10.1. The fourth-order valence-electron chi connectivity index (χ4n) is 1.21. The summed E-state index contributed by atoms with van der Waals surface area (Å²) in [6, 6.07) is 2.09. The second kappa shape index (κ2) is 6.24. The Morgan fingerprint density at radius 1 is 1.59 bits per heavy atom. The van der Waals surface area contributed by atoms with Gasteiger partial charge in [0.1, 0.15) is 6.04 Å².